The monoisotopic (exact) mass is 452 g/mol. The number of carbonyl (C=O) groups is 1. The van der Waals surface area contributed by atoms with Gasteiger partial charge in [-0.15, -0.1) is 16.9 Å². The zero-order valence-corrected chi connectivity index (χ0v) is 18.2. The Kier molecular flexibility index (Phi) is 6.89. The van der Waals surface area contributed by atoms with Crippen LogP contribution >= 0.6 is 35.0 Å². The number of ether oxygens (including phenoxy) is 2. The van der Waals surface area contributed by atoms with Gasteiger partial charge in [-0.05, 0) is 42.7 Å². The number of carbonyl (C=O) groups excluding carboxylic acids is 1. The highest BCUT2D eigenvalue weighted by Gasteiger charge is 2.23. The first-order valence-corrected chi connectivity index (χ1v) is 10.5. The van der Waals surface area contributed by atoms with Crippen LogP contribution in [0.1, 0.15) is 10.5 Å². The lowest BCUT2D eigenvalue weighted by Crippen LogP contribution is -2.18. The number of thioether (sulfide) groups is 1. The van der Waals surface area contributed by atoms with Crippen molar-refractivity contribution in [3.05, 3.63) is 52.1 Å². The molecule has 0 saturated carbocycles. The lowest BCUT2D eigenvalue weighted by Gasteiger charge is -2.11. The van der Waals surface area contributed by atoms with Crippen molar-refractivity contribution in [1.29, 1.82) is 0 Å². The summed E-state index contributed by atoms with van der Waals surface area (Å²) < 4.78 is 12.2. The third-order valence-corrected chi connectivity index (χ3v) is 5.10. The summed E-state index contributed by atoms with van der Waals surface area (Å²) in [6.45, 7) is 0. The first-order chi connectivity index (χ1) is 14.0. The molecule has 29 heavy (non-hydrogen) atoms. The van der Waals surface area contributed by atoms with Crippen molar-refractivity contribution in [2.45, 2.75) is 5.88 Å². The molecule has 0 saturated heterocycles. The standard InChI is InChI=1S/C19H18Cl2N4O3S/c1-27-15-7-4-11(8-16(15)28-2)17-18(25(10-29-3)24-23-17)19(26)22-14-9-12(20)5-6-13(14)21/h4-9H,10H2,1-3H3,(H,22,26). The highest BCUT2D eigenvalue weighted by atomic mass is 35.5. The van der Waals surface area contributed by atoms with Crippen LogP contribution in [0, 0.1) is 0 Å². The summed E-state index contributed by atoms with van der Waals surface area (Å²) in [5.74, 6) is 1.14. The van der Waals surface area contributed by atoms with E-state index in [0.29, 0.717) is 50.1 Å². The van der Waals surface area contributed by atoms with Gasteiger partial charge in [0, 0.05) is 10.6 Å². The van der Waals surface area contributed by atoms with Crippen molar-refractivity contribution in [2.75, 3.05) is 25.8 Å². The number of rotatable bonds is 7. The van der Waals surface area contributed by atoms with E-state index >= 15 is 0 Å². The second-order valence-electron chi connectivity index (χ2n) is 5.85. The summed E-state index contributed by atoms with van der Waals surface area (Å²) in [5, 5.41) is 12.0. The van der Waals surface area contributed by atoms with Crippen LogP contribution in [0.3, 0.4) is 0 Å². The minimum absolute atomic E-state index is 0.294. The fourth-order valence-electron chi connectivity index (χ4n) is 2.70. The molecule has 3 aromatic rings. The number of anilines is 1. The van der Waals surface area contributed by atoms with Gasteiger partial charge in [-0.2, -0.15) is 0 Å². The summed E-state index contributed by atoms with van der Waals surface area (Å²) in [6, 6.07) is 10.1. The van der Waals surface area contributed by atoms with Crippen molar-refractivity contribution in [3.63, 3.8) is 0 Å². The number of nitrogens with zero attached hydrogens (tertiary/aromatic N) is 3. The Labute approximate surface area is 182 Å². The van der Waals surface area contributed by atoms with Gasteiger partial charge in [0.1, 0.15) is 5.69 Å². The van der Waals surface area contributed by atoms with Gasteiger partial charge in [-0.3, -0.25) is 4.79 Å². The van der Waals surface area contributed by atoms with Crippen LogP contribution in [0.2, 0.25) is 10.0 Å². The molecule has 3 rings (SSSR count). The molecule has 7 nitrogen and oxygen atoms in total. The molecule has 0 atom stereocenters. The maximum absolute atomic E-state index is 13.1. The fourth-order valence-corrected chi connectivity index (χ4v) is 3.47. The van der Waals surface area contributed by atoms with Crippen LogP contribution in [0.5, 0.6) is 11.5 Å². The molecule has 1 aromatic heterocycles. The number of aromatic nitrogens is 3. The molecule has 0 aliphatic rings. The van der Waals surface area contributed by atoms with E-state index in [1.54, 1.807) is 50.6 Å². The first-order valence-electron chi connectivity index (χ1n) is 8.39. The van der Waals surface area contributed by atoms with Gasteiger partial charge < -0.3 is 14.8 Å². The molecule has 0 radical (unpaired) electrons. The Bertz CT molecular complexity index is 1040. The summed E-state index contributed by atoms with van der Waals surface area (Å²) >= 11 is 13.7. The Morgan fingerprint density at radius 1 is 1.14 bits per heavy atom. The predicted molar refractivity (Wildman–Crippen MR) is 116 cm³/mol. The van der Waals surface area contributed by atoms with Crippen LogP contribution in [0.25, 0.3) is 11.3 Å². The van der Waals surface area contributed by atoms with E-state index in [4.69, 9.17) is 32.7 Å². The zero-order chi connectivity index (χ0) is 21.0. The minimum Gasteiger partial charge on any atom is -0.493 e. The number of amides is 1. The fraction of sp³-hybridized carbons (Fsp3) is 0.211. The third kappa shape index (κ3) is 4.60. The van der Waals surface area contributed by atoms with E-state index in [1.807, 2.05) is 6.26 Å². The van der Waals surface area contributed by atoms with Crippen LogP contribution < -0.4 is 14.8 Å². The van der Waals surface area contributed by atoms with E-state index in [9.17, 15) is 4.79 Å². The van der Waals surface area contributed by atoms with Gasteiger partial charge in [0.25, 0.3) is 5.91 Å². The molecule has 0 bridgehead atoms. The van der Waals surface area contributed by atoms with Crippen molar-refractivity contribution in [2.24, 2.45) is 0 Å². The zero-order valence-electron chi connectivity index (χ0n) is 15.9. The molecule has 2 aromatic carbocycles. The molecular formula is C19H18Cl2N4O3S. The van der Waals surface area contributed by atoms with Crippen LogP contribution in [-0.2, 0) is 5.88 Å². The molecule has 152 valence electrons. The lowest BCUT2D eigenvalue weighted by molar-refractivity contribution is 0.101. The number of benzene rings is 2. The minimum atomic E-state index is -0.405. The molecule has 1 amide bonds. The topological polar surface area (TPSA) is 78.3 Å². The van der Waals surface area contributed by atoms with E-state index in [-0.39, 0.29) is 0 Å². The molecule has 0 aliphatic carbocycles. The van der Waals surface area contributed by atoms with E-state index in [2.05, 4.69) is 15.6 Å². The highest BCUT2D eigenvalue weighted by Crippen LogP contribution is 2.33. The van der Waals surface area contributed by atoms with Gasteiger partial charge in [-0.25, -0.2) is 4.68 Å². The molecule has 1 N–H and O–H groups in total. The van der Waals surface area contributed by atoms with Crippen LogP contribution in [0.15, 0.2) is 36.4 Å². The maximum Gasteiger partial charge on any atom is 0.276 e. The molecule has 10 heteroatoms. The number of nitrogens with one attached hydrogen (secondary N) is 1. The Morgan fingerprint density at radius 2 is 1.90 bits per heavy atom. The Morgan fingerprint density at radius 3 is 2.59 bits per heavy atom. The average Bonchev–Trinajstić information content (AvgIpc) is 3.14. The second kappa shape index (κ2) is 9.39. The maximum atomic E-state index is 13.1. The summed E-state index contributed by atoms with van der Waals surface area (Å²) in [5.41, 5.74) is 1.77. The number of methoxy groups -OCH3 is 2. The Balaban J connectivity index is 2.05. The highest BCUT2D eigenvalue weighted by molar-refractivity contribution is 7.97. The summed E-state index contributed by atoms with van der Waals surface area (Å²) in [4.78, 5) is 13.1. The first kappa shape index (κ1) is 21.3. The SMILES string of the molecule is COc1ccc(-c2nnn(CSC)c2C(=O)Nc2cc(Cl)ccc2Cl)cc1OC. The third-order valence-electron chi connectivity index (χ3n) is 4.04. The molecule has 0 spiro atoms. The quantitative estimate of drug-likeness (QED) is 0.552. The molecular weight excluding hydrogens is 435 g/mol. The van der Waals surface area contributed by atoms with E-state index in [1.165, 1.54) is 16.4 Å². The number of hydrogen-bond acceptors (Lipinski definition) is 6. The molecule has 0 unspecified atom stereocenters. The van der Waals surface area contributed by atoms with Crippen molar-refractivity contribution in [3.8, 4) is 22.8 Å². The van der Waals surface area contributed by atoms with Gasteiger partial charge >= 0.3 is 0 Å². The molecule has 0 aliphatic heterocycles. The number of hydrogen-bond donors (Lipinski definition) is 1. The summed E-state index contributed by atoms with van der Waals surface area (Å²) in [7, 11) is 3.10. The van der Waals surface area contributed by atoms with E-state index in [0.717, 1.165) is 0 Å². The molecule has 1 heterocycles. The Hall–Kier alpha value is -2.42. The van der Waals surface area contributed by atoms with Gasteiger partial charge in [0.15, 0.2) is 17.2 Å². The largest absolute Gasteiger partial charge is 0.493 e. The van der Waals surface area contributed by atoms with Crippen molar-refractivity contribution in [1.82, 2.24) is 15.0 Å². The van der Waals surface area contributed by atoms with Gasteiger partial charge in [0.05, 0.1) is 30.8 Å². The summed E-state index contributed by atoms with van der Waals surface area (Å²) in [6.07, 6.45) is 1.91. The van der Waals surface area contributed by atoms with Gasteiger partial charge in [0.2, 0.25) is 0 Å². The average molecular weight is 453 g/mol. The van der Waals surface area contributed by atoms with Crippen LogP contribution in [-0.4, -0.2) is 41.4 Å². The second-order valence-corrected chi connectivity index (χ2v) is 7.53. The van der Waals surface area contributed by atoms with Crippen molar-refractivity contribution >= 4 is 46.6 Å². The smallest absolute Gasteiger partial charge is 0.276 e. The predicted octanol–water partition coefficient (Wildman–Crippen LogP) is 4.84. The molecule has 0 fully saturated rings. The lowest BCUT2D eigenvalue weighted by atomic mass is 10.1. The van der Waals surface area contributed by atoms with Crippen molar-refractivity contribution < 1.29 is 14.3 Å². The van der Waals surface area contributed by atoms with Gasteiger partial charge in [-0.1, -0.05) is 28.4 Å². The van der Waals surface area contributed by atoms with Crippen LogP contribution in [0.4, 0.5) is 5.69 Å². The number of halogens is 2. The normalized spacial score (nSPS) is 10.7. The van der Waals surface area contributed by atoms with E-state index < -0.39 is 5.91 Å².